The van der Waals surface area contributed by atoms with Crippen molar-refractivity contribution >= 4 is 27.6 Å². The van der Waals surface area contributed by atoms with Gasteiger partial charge >= 0.3 is 12.1 Å². The second kappa shape index (κ2) is 9.92. The summed E-state index contributed by atoms with van der Waals surface area (Å²) in [5, 5.41) is 2.42. The van der Waals surface area contributed by atoms with E-state index in [0.717, 1.165) is 18.2 Å². The number of halogens is 3. The zero-order chi connectivity index (χ0) is 23.2. The van der Waals surface area contributed by atoms with Crippen molar-refractivity contribution in [3.8, 4) is 0 Å². The van der Waals surface area contributed by atoms with Crippen LogP contribution >= 0.6 is 0 Å². The van der Waals surface area contributed by atoms with Gasteiger partial charge in [0.15, 0.2) is 6.61 Å². The molecule has 1 amide bonds. The van der Waals surface area contributed by atoms with Crippen molar-refractivity contribution < 1.29 is 35.9 Å². The highest BCUT2D eigenvalue weighted by atomic mass is 32.2. The summed E-state index contributed by atoms with van der Waals surface area (Å²) in [5.41, 5.74) is -1.08. The highest BCUT2D eigenvalue weighted by Crippen LogP contribution is 2.29. The maximum absolute atomic E-state index is 12.7. The van der Waals surface area contributed by atoms with E-state index >= 15 is 0 Å². The lowest BCUT2D eigenvalue weighted by molar-refractivity contribution is -0.137. The zero-order valence-electron chi connectivity index (χ0n) is 16.8. The monoisotopic (exact) mass is 458 g/mol. The fourth-order valence-corrected chi connectivity index (χ4v) is 4.11. The summed E-state index contributed by atoms with van der Waals surface area (Å²) in [6, 6.07) is 9.07. The number of carbonyl (C=O) groups excluding carboxylic acids is 2. The van der Waals surface area contributed by atoms with Gasteiger partial charge in [-0.25, -0.2) is 13.2 Å². The number of rotatable bonds is 8. The van der Waals surface area contributed by atoms with E-state index in [1.165, 1.54) is 28.6 Å². The van der Waals surface area contributed by atoms with Gasteiger partial charge in [-0.1, -0.05) is 19.9 Å². The number of amides is 1. The Labute approximate surface area is 177 Å². The average molecular weight is 458 g/mol. The lowest BCUT2D eigenvalue weighted by Gasteiger charge is -2.18. The summed E-state index contributed by atoms with van der Waals surface area (Å²) in [5.74, 6) is -1.82. The number of anilines is 1. The largest absolute Gasteiger partial charge is 0.452 e. The zero-order valence-corrected chi connectivity index (χ0v) is 17.6. The molecule has 1 N–H and O–H groups in total. The van der Waals surface area contributed by atoms with E-state index in [9.17, 15) is 31.2 Å². The van der Waals surface area contributed by atoms with E-state index in [-0.39, 0.29) is 16.1 Å². The Morgan fingerprint density at radius 3 is 2.19 bits per heavy atom. The van der Waals surface area contributed by atoms with Crippen LogP contribution in [0.5, 0.6) is 0 Å². The van der Waals surface area contributed by atoms with Gasteiger partial charge in [0.05, 0.1) is 16.0 Å². The van der Waals surface area contributed by atoms with E-state index in [1.54, 1.807) is 13.8 Å². The average Bonchev–Trinajstić information content (AvgIpc) is 2.72. The molecule has 0 saturated heterocycles. The molecule has 7 nitrogen and oxygen atoms in total. The van der Waals surface area contributed by atoms with Crippen molar-refractivity contribution in [2.45, 2.75) is 24.9 Å². The van der Waals surface area contributed by atoms with Crippen LogP contribution in [0.1, 0.15) is 29.8 Å². The summed E-state index contributed by atoms with van der Waals surface area (Å²) < 4.78 is 69.1. The van der Waals surface area contributed by atoms with Crippen LogP contribution in [-0.4, -0.2) is 44.3 Å². The van der Waals surface area contributed by atoms with Gasteiger partial charge in [-0.05, 0) is 42.5 Å². The number of nitrogens with one attached hydrogen (secondary N) is 1. The molecule has 31 heavy (non-hydrogen) atoms. The van der Waals surface area contributed by atoms with Crippen molar-refractivity contribution in [1.82, 2.24) is 4.31 Å². The van der Waals surface area contributed by atoms with Crippen LogP contribution in [0.4, 0.5) is 18.9 Å². The molecule has 0 fully saturated rings. The molecule has 11 heteroatoms. The first-order valence-corrected chi connectivity index (χ1v) is 10.7. The standard InChI is InChI=1S/C20H21F3N2O5S/c1-3-25(4-2)31(28,29)17-10-8-16(9-11-17)24-18(26)13-30-19(27)14-6-5-7-15(12-14)20(21,22)23/h5-12H,3-4,13H2,1-2H3,(H,24,26). The predicted octanol–water partition coefficient (Wildman–Crippen LogP) is 3.53. The second-order valence-corrected chi connectivity index (χ2v) is 8.25. The van der Waals surface area contributed by atoms with Gasteiger partial charge < -0.3 is 10.1 Å². The van der Waals surface area contributed by atoms with Gasteiger partial charge in [0.25, 0.3) is 5.91 Å². The molecule has 0 bridgehead atoms. The third-order valence-electron chi connectivity index (χ3n) is 4.24. The topological polar surface area (TPSA) is 92.8 Å². The number of ether oxygens (including phenoxy) is 1. The number of benzene rings is 2. The summed E-state index contributed by atoms with van der Waals surface area (Å²) in [6.07, 6.45) is -4.61. The molecule has 0 unspecified atom stereocenters. The maximum atomic E-state index is 12.7. The van der Waals surface area contributed by atoms with E-state index in [1.807, 2.05) is 0 Å². The van der Waals surface area contributed by atoms with E-state index in [0.29, 0.717) is 19.2 Å². The second-order valence-electron chi connectivity index (χ2n) is 6.32. The van der Waals surface area contributed by atoms with Crippen molar-refractivity contribution in [2.24, 2.45) is 0 Å². The van der Waals surface area contributed by atoms with Crippen LogP contribution in [0.3, 0.4) is 0 Å². The fraction of sp³-hybridized carbons (Fsp3) is 0.300. The molecule has 0 aromatic heterocycles. The first kappa shape index (κ1) is 24.4. The number of hydrogen-bond donors (Lipinski definition) is 1. The minimum absolute atomic E-state index is 0.0603. The van der Waals surface area contributed by atoms with Gasteiger partial charge in [0.2, 0.25) is 10.0 Å². The van der Waals surface area contributed by atoms with Crippen LogP contribution in [0.25, 0.3) is 0 Å². The molecular formula is C20H21F3N2O5S. The molecular weight excluding hydrogens is 437 g/mol. The normalized spacial score (nSPS) is 11.9. The molecule has 0 aliphatic rings. The quantitative estimate of drug-likeness (QED) is 0.611. The lowest BCUT2D eigenvalue weighted by atomic mass is 10.1. The SMILES string of the molecule is CCN(CC)S(=O)(=O)c1ccc(NC(=O)COC(=O)c2cccc(C(F)(F)F)c2)cc1. The molecule has 0 heterocycles. The first-order valence-electron chi connectivity index (χ1n) is 9.23. The van der Waals surface area contributed by atoms with Crippen molar-refractivity contribution in [1.29, 1.82) is 0 Å². The summed E-state index contributed by atoms with van der Waals surface area (Å²) in [6.45, 7) is 3.34. The molecule has 2 rings (SSSR count). The third kappa shape index (κ3) is 6.28. The Balaban J connectivity index is 1.97. The number of carbonyl (C=O) groups is 2. The van der Waals surface area contributed by atoms with Crippen LogP contribution in [-0.2, 0) is 25.7 Å². The van der Waals surface area contributed by atoms with Crippen LogP contribution in [0.15, 0.2) is 53.4 Å². The predicted molar refractivity (Wildman–Crippen MR) is 107 cm³/mol. The molecule has 168 valence electrons. The van der Waals surface area contributed by atoms with Crippen LogP contribution in [0, 0.1) is 0 Å². The minimum Gasteiger partial charge on any atom is -0.452 e. The van der Waals surface area contributed by atoms with Gasteiger partial charge in [-0.3, -0.25) is 4.79 Å². The molecule has 0 saturated carbocycles. The highest BCUT2D eigenvalue weighted by molar-refractivity contribution is 7.89. The highest BCUT2D eigenvalue weighted by Gasteiger charge is 2.31. The van der Waals surface area contributed by atoms with Crippen molar-refractivity contribution in [3.05, 3.63) is 59.7 Å². The summed E-state index contributed by atoms with van der Waals surface area (Å²) in [7, 11) is -3.64. The fourth-order valence-electron chi connectivity index (χ4n) is 2.66. The van der Waals surface area contributed by atoms with Gasteiger partial charge in [0.1, 0.15) is 0 Å². The number of alkyl halides is 3. The Bertz CT molecular complexity index is 1030. The van der Waals surface area contributed by atoms with E-state index < -0.39 is 40.2 Å². The minimum atomic E-state index is -4.61. The smallest absolute Gasteiger partial charge is 0.416 e. The van der Waals surface area contributed by atoms with Gasteiger partial charge in [-0.2, -0.15) is 17.5 Å². The van der Waals surface area contributed by atoms with Gasteiger partial charge in [-0.15, -0.1) is 0 Å². The number of esters is 1. The third-order valence-corrected chi connectivity index (χ3v) is 6.31. The Morgan fingerprint density at radius 2 is 1.65 bits per heavy atom. The number of sulfonamides is 1. The molecule has 2 aromatic rings. The molecule has 0 radical (unpaired) electrons. The van der Waals surface area contributed by atoms with Crippen LogP contribution in [0.2, 0.25) is 0 Å². The molecule has 0 atom stereocenters. The lowest BCUT2D eigenvalue weighted by Crippen LogP contribution is -2.30. The molecule has 0 aliphatic heterocycles. The van der Waals surface area contributed by atoms with Crippen molar-refractivity contribution in [2.75, 3.05) is 25.0 Å². The molecule has 0 spiro atoms. The number of nitrogens with zero attached hydrogens (tertiary/aromatic N) is 1. The molecule has 0 aliphatic carbocycles. The summed E-state index contributed by atoms with van der Waals surface area (Å²) in [4.78, 5) is 23.9. The Morgan fingerprint density at radius 1 is 1.03 bits per heavy atom. The number of hydrogen-bond acceptors (Lipinski definition) is 5. The van der Waals surface area contributed by atoms with Crippen LogP contribution < -0.4 is 5.32 Å². The van der Waals surface area contributed by atoms with Gasteiger partial charge in [0, 0.05) is 18.8 Å². The molecule has 2 aromatic carbocycles. The Kier molecular flexibility index (Phi) is 7.80. The van der Waals surface area contributed by atoms with E-state index in [4.69, 9.17) is 4.74 Å². The Hall–Kier alpha value is -2.92. The van der Waals surface area contributed by atoms with Crippen molar-refractivity contribution in [3.63, 3.8) is 0 Å². The first-order chi connectivity index (χ1) is 14.5. The van der Waals surface area contributed by atoms with E-state index in [2.05, 4.69) is 5.32 Å². The maximum Gasteiger partial charge on any atom is 0.416 e. The summed E-state index contributed by atoms with van der Waals surface area (Å²) >= 11 is 0.